The van der Waals surface area contributed by atoms with Gasteiger partial charge in [0.1, 0.15) is 11.2 Å². The Kier molecular flexibility index (Phi) is 4.16. The molecule has 1 aromatic carbocycles. The zero-order chi connectivity index (χ0) is 16.7. The van der Waals surface area contributed by atoms with Crippen LogP contribution < -0.4 is 5.56 Å². The van der Waals surface area contributed by atoms with Gasteiger partial charge in [-0.1, -0.05) is 29.3 Å². The summed E-state index contributed by atoms with van der Waals surface area (Å²) in [6.45, 7) is 0. The molecule has 3 aromatic rings. The highest BCUT2D eigenvalue weighted by molar-refractivity contribution is 7.18. The molecular weight excluding hydrogens is 365 g/mol. The highest BCUT2D eigenvalue weighted by Crippen LogP contribution is 2.33. The Balaban J connectivity index is 1.78. The topological polar surface area (TPSA) is 47.2 Å². The van der Waals surface area contributed by atoms with E-state index in [2.05, 4.69) is 10.1 Å². The van der Waals surface area contributed by atoms with Gasteiger partial charge in [-0.2, -0.15) is 9.78 Å². The molecule has 7 heteroatoms. The number of hydrogen-bond acceptors (Lipinski definition) is 4. The lowest BCUT2D eigenvalue weighted by molar-refractivity contribution is 0.699. The number of nitrogens with zero attached hydrogens (tertiary/aromatic N) is 3. The summed E-state index contributed by atoms with van der Waals surface area (Å²) >= 11 is 13.6. The fraction of sp³-hybridized carbons (Fsp3) is 0.235. The Bertz CT molecular complexity index is 1020. The maximum atomic E-state index is 12.8. The molecule has 24 heavy (non-hydrogen) atoms. The molecule has 0 fully saturated rings. The van der Waals surface area contributed by atoms with Crippen molar-refractivity contribution in [2.24, 2.45) is 5.10 Å². The Morgan fingerprint density at radius 3 is 2.92 bits per heavy atom. The van der Waals surface area contributed by atoms with Gasteiger partial charge in [-0.3, -0.25) is 4.79 Å². The number of aromatic nitrogens is 2. The zero-order valence-corrected chi connectivity index (χ0v) is 15.0. The molecule has 0 amide bonds. The van der Waals surface area contributed by atoms with Crippen LogP contribution in [0.15, 0.2) is 34.4 Å². The number of aryl methyl sites for hydroxylation is 2. The number of hydrogen-bond donors (Lipinski definition) is 0. The first-order valence-electron chi connectivity index (χ1n) is 7.65. The molecule has 0 radical (unpaired) electrons. The molecule has 4 rings (SSSR count). The number of thiophene rings is 1. The van der Waals surface area contributed by atoms with Crippen molar-refractivity contribution in [1.29, 1.82) is 0 Å². The predicted octanol–water partition coefficient (Wildman–Crippen LogP) is 4.53. The third kappa shape index (κ3) is 2.77. The summed E-state index contributed by atoms with van der Waals surface area (Å²) in [6, 6.07) is 5.13. The van der Waals surface area contributed by atoms with Crippen molar-refractivity contribution in [3.63, 3.8) is 0 Å². The van der Waals surface area contributed by atoms with Crippen LogP contribution in [0, 0.1) is 0 Å². The van der Waals surface area contributed by atoms with Crippen LogP contribution in [0.5, 0.6) is 0 Å². The van der Waals surface area contributed by atoms with Crippen LogP contribution in [0.3, 0.4) is 0 Å². The first kappa shape index (κ1) is 15.8. The van der Waals surface area contributed by atoms with Crippen LogP contribution in [-0.2, 0) is 12.8 Å². The molecule has 122 valence electrons. The van der Waals surface area contributed by atoms with Crippen LogP contribution in [0.4, 0.5) is 0 Å². The molecule has 2 aromatic heterocycles. The first-order chi connectivity index (χ1) is 11.6. The van der Waals surface area contributed by atoms with Gasteiger partial charge in [-0.25, -0.2) is 4.98 Å². The van der Waals surface area contributed by atoms with Crippen LogP contribution in [0.2, 0.25) is 10.0 Å². The molecule has 0 saturated heterocycles. The van der Waals surface area contributed by atoms with Gasteiger partial charge in [0.05, 0.1) is 16.6 Å². The van der Waals surface area contributed by atoms with Crippen molar-refractivity contribution in [1.82, 2.24) is 9.66 Å². The number of halogens is 2. The van der Waals surface area contributed by atoms with E-state index in [0.29, 0.717) is 15.6 Å². The lowest BCUT2D eigenvalue weighted by Crippen LogP contribution is -2.18. The van der Waals surface area contributed by atoms with Crippen molar-refractivity contribution >= 4 is 51.0 Å². The third-order valence-electron chi connectivity index (χ3n) is 4.14. The normalized spacial score (nSPS) is 14.4. The van der Waals surface area contributed by atoms with E-state index in [1.54, 1.807) is 35.8 Å². The fourth-order valence-corrected chi connectivity index (χ4v) is 4.63. The van der Waals surface area contributed by atoms with Gasteiger partial charge < -0.3 is 0 Å². The minimum absolute atomic E-state index is 0.124. The van der Waals surface area contributed by atoms with E-state index in [0.717, 1.165) is 35.0 Å². The lowest BCUT2D eigenvalue weighted by atomic mass is 9.97. The summed E-state index contributed by atoms with van der Waals surface area (Å²) in [4.78, 5) is 19.3. The van der Waals surface area contributed by atoms with Gasteiger partial charge in [0.25, 0.3) is 5.56 Å². The molecule has 0 aliphatic heterocycles. The van der Waals surface area contributed by atoms with Crippen LogP contribution >= 0.6 is 34.5 Å². The average molecular weight is 378 g/mol. The Morgan fingerprint density at radius 2 is 2.08 bits per heavy atom. The average Bonchev–Trinajstić information content (AvgIpc) is 2.95. The van der Waals surface area contributed by atoms with Crippen LogP contribution in [0.25, 0.3) is 10.2 Å². The van der Waals surface area contributed by atoms with E-state index in [1.807, 2.05) is 0 Å². The van der Waals surface area contributed by atoms with Crippen LogP contribution in [0.1, 0.15) is 28.8 Å². The summed E-state index contributed by atoms with van der Waals surface area (Å²) in [6.07, 6.45) is 7.31. The molecule has 0 unspecified atom stereocenters. The van der Waals surface area contributed by atoms with Crippen molar-refractivity contribution in [3.05, 3.63) is 60.9 Å². The van der Waals surface area contributed by atoms with E-state index >= 15 is 0 Å². The summed E-state index contributed by atoms with van der Waals surface area (Å²) in [5, 5.41) is 6.00. The van der Waals surface area contributed by atoms with Gasteiger partial charge in [-0.05, 0) is 43.4 Å². The van der Waals surface area contributed by atoms with E-state index in [9.17, 15) is 4.79 Å². The second-order valence-electron chi connectivity index (χ2n) is 5.70. The highest BCUT2D eigenvalue weighted by atomic mass is 35.5. The Labute approximate surface area is 152 Å². The molecule has 0 bridgehead atoms. The maximum Gasteiger partial charge on any atom is 0.282 e. The highest BCUT2D eigenvalue weighted by Gasteiger charge is 2.19. The maximum absolute atomic E-state index is 12.8. The molecule has 4 nitrogen and oxygen atoms in total. The minimum atomic E-state index is -0.124. The van der Waals surface area contributed by atoms with Gasteiger partial charge in [0.2, 0.25) is 0 Å². The van der Waals surface area contributed by atoms with Gasteiger partial charge in [0.15, 0.2) is 0 Å². The minimum Gasteiger partial charge on any atom is -0.267 e. The summed E-state index contributed by atoms with van der Waals surface area (Å²) in [5.74, 6) is 0. The lowest BCUT2D eigenvalue weighted by Gasteiger charge is -2.09. The smallest absolute Gasteiger partial charge is 0.267 e. The number of rotatable bonds is 2. The summed E-state index contributed by atoms with van der Waals surface area (Å²) < 4.78 is 1.27. The second-order valence-corrected chi connectivity index (χ2v) is 7.62. The molecule has 0 N–H and O–H groups in total. The summed E-state index contributed by atoms with van der Waals surface area (Å²) in [7, 11) is 0. The molecule has 1 aliphatic rings. The molecule has 1 aliphatic carbocycles. The molecule has 0 atom stereocenters. The third-order valence-corrected chi connectivity index (χ3v) is 5.90. The standard InChI is InChI=1S/C17H13Cl2N3OS/c18-11-6-5-10(13(19)7-11)8-21-22-9-20-16-15(17(22)23)12-3-1-2-4-14(12)24-16/h5-9H,1-4H2. The Hall–Kier alpha value is -1.69. The molecule has 0 spiro atoms. The van der Waals surface area contributed by atoms with Crippen molar-refractivity contribution in [3.8, 4) is 0 Å². The SMILES string of the molecule is O=c1c2c3c(sc2ncn1N=Cc1ccc(Cl)cc1Cl)CCCC3. The van der Waals surface area contributed by atoms with E-state index in [4.69, 9.17) is 23.2 Å². The Morgan fingerprint density at radius 1 is 1.25 bits per heavy atom. The number of fused-ring (bicyclic) bond motifs is 3. The van der Waals surface area contributed by atoms with Crippen molar-refractivity contribution in [2.75, 3.05) is 0 Å². The number of benzene rings is 1. The van der Waals surface area contributed by atoms with E-state index in [-0.39, 0.29) is 5.56 Å². The van der Waals surface area contributed by atoms with E-state index < -0.39 is 0 Å². The van der Waals surface area contributed by atoms with Crippen LogP contribution in [-0.4, -0.2) is 15.9 Å². The van der Waals surface area contributed by atoms with Gasteiger partial charge >= 0.3 is 0 Å². The molecular formula is C17H13Cl2N3OS. The summed E-state index contributed by atoms with van der Waals surface area (Å²) in [5.41, 5.74) is 1.73. The van der Waals surface area contributed by atoms with Gasteiger partial charge in [0, 0.05) is 15.5 Å². The van der Waals surface area contributed by atoms with Crippen molar-refractivity contribution in [2.45, 2.75) is 25.7 Å². The second kappa shape index (κ2) is 6.31. The predicted molar refractivity (Wildman–Crippen MR) is 100.0 cm³/mol. The van der Waals surface area contributed by atoms with Gasteiger partial charge in [-0.15, -0.1) is 11.3 Å². The molecule has 0 saturated carbocycles. The zero-order valence-electron chi connectivity index (χ0n) is 12.6. The largest absolute Gasteiger partial charge is 0.282 e. The molecule has 2 heterocycles. The van der Waals surface area contributed by atoms with Crippen molar-refractivity contribution < 1.29 is 0 Å². The van der Waals surface area contributed by atoms with E-state index in [1.165, 1.54) is 22.3 Å². The first-order valence-corrected chi connectivity index (χ1v) is 9.22. The fourth-order valence-electron chi connectivity index (χ4n) is 2.95. The monoisotopic (exact) mass is 377 g/mol. The quantitative estimate of drug-likeness (QED) is 0.616.